The SMILES string of the molecule is c1cnc2c(c1)[N]C2. The first-order valence-electron chi connectivity index (χ1n) is 2.58. The molecule has 0 atom stereocenters. The molecule has 0 aromatic carbocycles. The van der Waals surface area contributed by atoms with Gasteiger partial charge in [-0.2, -0.15) is 0 Å². The van der Waals surface area contributed by atoms with Crippen LogP contribution >= 0.6 is 0 Å². The Morgan fingerprint density at radius 3 is 2.88 bits per heavy atom. The summed E-state index contributed by atoms with van der Waals surface area (Å²) >= 11 is 0. The van der Waals surface area contributed by atoms with Gasteiger partial charge in [0.25, 0.3) is 0 Å². The fourth-order valence-corrected chi connectivity index (χ4v) is 0.764. The van der Waals surface area contributed by atoms with Gasteiger partial charge in [0.05, 0.1) is 17.9 Å². The second-order valence-electron chi connectivity index (χ2n) is 1.79. The maximum Gasteiger partial charge on any atom is 0.0869 e. The Morgan fingerprint density at radius 1 is 1.50 bits per heavy atom. The number of nitrogens with zero attached hydrogens (tertiary/aromatic N) is 2. The summed E-state index contributed by atoms with van der Waals surface area (Å²) in [5.41, 5.74) is 2.19. The first-order valence-corrected chi connectivity index (χ1v) is 2.58. The summed E-state index contributed by atoms with van der Waals surface area (Å²) in [4.78, 5) is 4.07. The molecule has 8 heavy (non-hydrogen) atoms. The van der Waals surface area contributed by atoms with Crippen molar-refractivity contribution in [3.05, 3.63) is 24.0 Å². The van der Waals surface area contributed by atoms with E-state index in [1.807, 2.05) is 12.1 Å². The first kappa shape index (κ1) is 3.89. The summed E-state index contributed by atoms with van der Waals surface area (Å²) in [6, 6.07) is 3.88. The van der Waals surface area contributed by atoms with Crippen LogP contribution in [0.25, 0.3) is 0 Å². The van der Waals surface area contributed by atoms with Gasteiger partial charge in [-0.3, -0.25) is 10.3 Å². The molecule has 2 heterocycles. The second-order valence-corrected chi connectivity index (χ2v) is 1.79. The third-order valence-corrected chi connectivity index (χ3v) is 1.27. The zero-order valence-corrected chi connectivity index (χ0v) is 4.33. The number of rotatable bonds is 0. The topological polar surface area (TPSA) is 27.0 Å². The summed E-state index contributed by atoms with van der Waals surface area (Å²) in [5.74, 6) is 0. The molecular weight excluding hydrogens is 100 g/mol. The van der Waals surface area contributed by atoms with Crippen LogP contribution < -0.4 is 5.32 Å². The van der Waals surface area contributed by atoms with Gasteiger partial charge in [0, 0.05) is 6.20 Å². The molecule has 0 amide bonds. The van der Waals surface area contributed by atoms with E-state index < -0.39 is 0 Å². The van der Waals surface area contributed by atoms with Crippen molar-refractivity contribution in [1.82, 2.24) is 10.3 Å². The van der Waals surface area contributed by atoms with Gasteiger partial charge in [0.15, 0.2) is 0 Å². The summed E-state index contributed by atoms with van der Waals surface area (Å²) in [6.45, 7) is 0.816. The molecule has 0 unspecified atom stereocenters. The Balaban J connectivity index is 2.62. The molecule has 2 rings (SSSR count). The highest BCUT2D eigenvalue weighted by Gasteiger charge is 2.12. The Bertz CT molecular complexity index is 184. The zero-order valence-electron chi connectivity index (χ0n) is 4.33. The zero-order chi connectivity index (χ0) is 5.40. The molecule has 0 bridgehead atoms. The largest absolute Gasteiger partial charge is 0.277 e. The lowest BCUT2D eigenvalue weighted by Crippen LogP contribution is -2.13. The highest BCUT2D eigenvalue weighted by Crippen LogP contribution is 2.21. The number of fused-ring (bicyclic) bond motifs is 1. The highest BCUT2D eigenvalue weighted by atomic mass is 15.0. The van der Waals surface area contributed by atoms with E-state index in [0.29, 0.717) is 0 Å². The van der Waals surface area contributed by atoms with Crippen molar-refractivity contribution >= 4 is 5.69 Å². The lowest BCUT2D eigenvalue weighted by atomic mass is 10.2. The van der Waals surface area contributed by atoms with Crippen molar-refractivity contribution in [3.63, 3.8) is 0 Å². The van der Waals surface area contributed by atoms with Gasteiger partial charge in [0.1, 0.15) is 0 Å². The molecule has 0 spiro atoms. The molecule has 0 saturated heterocycles. The molecule has 0 fully saturated rings. The minimum atomic E-state index is 0.816. The van der Waals surface area contributed by atoms with Gasteiger partial charge < -0.3 is 0 Å². The molecule has 1 aliphatic heterocycles. The van der Waals surface area contributed by atoms with E-state index in [2.05, 4.69) is 10.3 Å². The van der Waals surface area contributed by atoms with Crippen LogP contribution in [0.4, 0.5) is 5.69 Å². The van der Waals surface area contributed by atoms with E-state index in [9.17, 15) is 0 Å². The van der Waals surface area contributed by atoms with Gasteiger partial charge in [-0.25, -0.2) is 0 Å². The Kier molecular flexibility index (Phi) is 0.592. The second kappa shape index (κ2) is 1.22. The molecule has 1 aliphatic rings. The monoisotopic (exact) mass is 105 g/mol. The predicted molar refractivity (Wildman–Crippen MR) is 29.7 cm³/mol. The average Bonchev–Trinajstić information content (AvgIpc) is 1.72. The van der Waals surface area contributed by atoms with Gasteiger partial charge in [-0.15, -0.1) is 0 Å². The average molecular weight is 105 g/mol. The molecule has 2 nitrogen and oxygen atoms in total. The van der Waals surface area contributed by atoms with Crippen molar-refractivity contribution in [2.24, 2.45) is 0 Å². The molecule has 1 aromatic heterocycles. The van der Waals surface area contributed by atoms with Crippen LogP contribution in [0.3, 0.4) is 0 Å². The third kappa shape index (κ3) is 0.346. The molecule has 0 N–H and O–H groups in total. The van der Waals surface area contributed by atoms with Gasteiger partial charge in [-0.05, 0) is 12.1 Å². The summed E-state index contributed by atoms with van der Waals surface area (Å²) in [5, 5.41) is 4.07. The van der Waals surface area contributed by atoms with Crippen LogP contribution in [0.5, 0.6) is 0 Å². The van der Waals surface area contributed by atoms with E-state index in [1.165, 1.54) is 0 Å². The van der Waals surface area contributed by atoms with Crippen LogP contribution in [0.2, 0.25) is 0 Å². The molecule has 0 saturated carbocycles. The molecular formula is C6H5N2. The number of pyridine rings is 1. The quantitative estimate of drug-likeness (QED) is 0.480. The molecule has 2 heteroatoms. The van der Waals surface area contributed by atoms with E-state index in [0.717, 1.165) is 17.9 Å². The van der Waals surface area contributed by atoms with Crippen molar-refractivity contribution in [2.45, 2.75) is 6.54 Å². The maximum absolute atomic E-state index is 4.07. The van der Waals surface area contributed by atoms with Gasteiger partial charge in [0.2, 0.25) is 0 Å². The Morgan fingerprint density at radius 2 is 2.50 bits per heavy atom. The van der Waals surface area contributed by atoms with Crippen molar-refractivity contribution in [3.8, 4) is 0 Å². The van der Waals surface area contributed by atoms with Crippen LogP contribution in [0.15, 0.2) is 18.3 Å². The van der Waals surface area contributed by atoms with Crippen molar-refractivity contribution in [1.29, 1.82) is 0 Å². The van der Waals surface area contributed by atoms with E-state index in [4.69, 9.17) is 0 Å². The number of hydrogen-bond donors (Lipinski definition) is 0. The fraction of sp³-hybridized carbons (Fsp3) is 0.167. The lowest BCUT2D eigenvalue weighted by Gasteiger charge is -2.14. The molecule has 1 aromatic rings. The van der Waals surface area contributed by atoms with E-state index in [-0.39, 0.29) is 0 Å². The minimum Gasteiger partial charge on any atom is -0.277 e. The van der Waals surface area contributed by atoms with Crippen LogP contribution in [0, 0.1) is 0 Å². The number of aromatic nitrogens is 1. The molecule has 1 radical (unpaired) electrons. The Hall–Kier alpha value is -1.05. The van der Waals surface area contributed by atoms with Crippen LogP contribution in [-0.2, 0) is 6.54 Å². The third-order valence-electron chi connectivity index (χ3n) is 1.27. The summed E-state index contributed by atoms with van der Waals surface area (Å²) in [6.07, 6.45) is 1.80. The minimum absolute atomic E-state index is 0.816. The molecule has 0 aliphatic carbocycles. The maximum atomic E-state index is 4.07. The number of hydrogen-bond acceptors (Lipinski definition) is 1. The first-order chi connectivity index (χ1) is 3.97. The standard InChI is InChI=1S/C6H5N2/c1-2-5-6(4-8-5)7-3-1/h1-3H,4H2. The van der Waals surface area contributed by atoms with Gasteiger partial charge >= 0.3 is 0 Å². The predicted octanol–water partition coefficient (Wildman–Crippen LogP) is 0.831. The summed E-state index contributed by atoms with van der Waals surface area (Å²) < 4.78 is 0. The van der Waals surface area contributed by atoms with Crippen molar-refractivity contribution < 1.29 is 0 Å². The molecule has 39 valence electrons. The van der Waals surface area contributed by atoms with Crippen LogP contribution in [-0.4, -0.2) is 4.98 Å². The van der Waals surface area contributed by atoms with Crippen molar-refractivity contribution in [2.75, 3.05) is 0 Å². The smallest absolute Gasteiger partial charge is 0.0869 e. The fourth-order valence-electron chi connectivity index (χ4n) is 0.764. The lowest BCUT2D eigenvalue weighted by molar-refractivity contribution is 0.733. The Labute approximate surface area is 47.6 Å². The van der Waals surface area contributed by atoms with E-state index in [1.54, 1.807) is 6.20 Å². The van der Waals surface area contributed by atoms with Crippen LogP contribution in [0.1, 0.15) is 5.69 Å². The normalized spacial score (nSPS) is 13.5. The van der Waals surface area contributed by atoms with Gasteiger partial charge in [-0.1, -0.05) is 0 Å². The summed E-state index contributed by atoms with van der Waals surface area (Å²) in [7, 11) is 0. The van der Waals surface area contributed by atoms with E-state index >= 15 is 0 Å². The highest BCUT2D eigenvalue weighted by molar-refractivity contribution is 5.46.